The Bertz CT molecular complexity index is 1490. The van der Waals surface area contributed by atoms with Crippen molar-refractivity contribution in [3.05, 3.63) is 95.3 Å². The van der Waals surface area contributed by atoms with E-state index < -0.39 is 5.97 Å². The molecule has 0 bridgehead atoms. The summed E-state index contributed by atoms with van der Waals surface area (Å²) in [7, 11) is 0. The molecule has 5 rings (SSSR count). The minimum Gasteiger partial charge on any atom is -0.493 e. The van der Waals surface area contributed by atoms with Gasteiger partial charge in [-0.25, -0.2) is 9.48 Å². The summed E-state index contributed by atoms with van der Waals surface area (Å²) in [5, 5.41) is 13.8. The van der Waals surface area contributed by atoms with Crippen molar-refractivity contribution in [2.45, 2.75) is 39.5 Å². The lowest BCUT2D eigenvalue weighted by molar-refractivity contribution is -0.118. The number of carbonyl (C=O) groups excluding carboxylic acids is 1. The quantitative estimate of drug-likeness (QED) is 0.295. The van der Waals surface area contributed by atoms with Gasteiger partial charge in [-0.3, -0.25) is 4.79 Å². The van der Waals surface area contributed by atoms with E-state index in [1.54, 1.807) is 29.1 Å². The van der Waals surface area contributed by atoms with E-state index >= 15 is 0 Å². The highest BCUT2D eigenvalue weighted by molar-refractivity contribution is 5.96. The maximum atomic E-state index is 13.2. The number of hydrogen-bond donors (Lipinski definition) is 1. The number of aryl methyl sites for hydroxylation is 1. The zero-order valence-corrected chi connectivity index (χ0v) is 21.7. The van der Waals surface area contributed by atoms with Crippen LogP contribution in [-0.2, 0) is 11.2 Å². The fourth-order valence-corrected chi connectivity index (χ4v) is 4.96. The Morgan fingerprint density at radius 1 is 1.05 bits per heavy atom. The molecule has 1 aliphatic heterocycles. The summed E-state index contributed by atoms with van der Waals surface area (Å²) >= 11 is 0. The molecule has 0 radical (unpaired) electrons. The average molecular weight is 510 g/mol. The molecule has 2 heterocycles. The maximum Gasteiger partial charge on any atom is 0.335 e. The summed E-state index contributed by atoms with van der Waals surface area (Å²) in [6.07, 6.45) is 6.54. The molecule has 0 spiro atoms. The number of carboxylic acids is 1. The van der Waals surface area contributed by atoms with Gasteiger partial charge in [-0.2, -0.15) is 5.10 Å². The van der Waals surface area contributed by atoms with Gasteiger partial charge in [0.2, 0.25) is 5.91 Å². The van der Waals surface area contributed by atoms with Crippen LogP contribution in [-0.4, -0.2) is 39.9 Å². The van der Waals surface area contributed by atoms with Gasteiger partial charge in [0.25, 0.3) is 0 Å². The molecule has 1 N–H and O–H groups in total. The van der Waals surface area contributed by atoms with Crippen LogP contribution < -0.4 is 9.64 Å². The predicted octanol–water partition coefficient (Wildman–Crippen LogP) is 5.99. The van der Waals surface area contributed by atoms with Crippen molar-refractivity contribution in [2.24, 2.45) is 0 Å². The van der Waals surface area contributed by atoms with E-state index in [9.17, 15) is 14.7 Å². The van der Waals surface area contributed by atoms with E-state index in [1.807, 2.05) is 41.4 Å². The monoisotopic (exact) mass is 509 g/mol. The first kappa shape index (κ1) is 25.3. The second kappa shape index (κ2) is 10.9. The minimum atomic E-state index is -0.974. The summed E-state index contributed by atoms with van der Waals surface area (Å²) in [6, 6.07) is 18.8. The molecular formula is C31H31N3O4. The lowest BCUT2D eigenvalue weighted by Crippen LogP contribution is -2.35. The number of aromatic nitrogens is 2. The number of anilines is 1. The lowest BCUT2D eigenvalue weighted by Gasteiger charge is -2.31. The number of hydrogen-bond acceptors (Lipinski definition) is 4. The summed E-state index contributed by atoms with van der Waals surface area (Å²) in [5.41, 5.74) is 7.28. The zero-order valence-electron chi connectivity index (χ0n) is 21.7. The summed E-state index contributed by atoms with van der Waals surface area (Å²) in [5.74, 6) is 0.00689. The summed E-state index contributed by atoms with van der Waals surface area (Å²) in [6.45, 7) is 5.32. The molecule has 7 heteroatoms. The normalized spacial score (nSPS) is 12.7. The second-order valence-corrected chi connectivity index (χ2v) is 9.63. The fourth-order valence-electron chi connectivity index (χ4n) is 4.96. The molecule has 0 fully saturated rings. The molecule has 3 aromatic carbocycles. The highest BCUT2D eigenvalue weighted by atomic mass is 16.5. The number of amides is 1. The van der Waals surface area contributed by atoms with Crippen LogP contribution in [0.5, 0.6) is 5.75 Å². The Kier molecular flexibility index (Phi) is 7.26. The average Bonchev–Trinajstić information content (AvgIpc) is 3.43. The van der Waals surface area contributed by atoms with Gasteiger partial charge in [-0.05, 0) is 85.7 Å². The molecule has 0 saturated heterocycles. The first-order valence-electron chi connectivity index (χ1n) is 12.9. The van der Waals surface area contributed by atoms with E-state index in [0.29, 0.717) is 31.7 Å². The molecule has 0 saturated carbocycles. The van der Waals surface area contributed by atoms with Crippen molar-refractivity contribution in [3.63, 3.8) is 0 Å². The Labute approximate surface area is 222 Å². The third kappa shape index (κ3) is 5.18. The topological polar surface area (TPSA) is 84.7 Å². The van der Waals surface area contributed by atoms with Crippen LogP contribution in [0.2, 0.25) is 0 Å². The zero-order chi connectivity index (χ0) is 26.6. The first-order valence-corrected chi connectivity index (χ1v) is 12.9. The summed E-state index contributed by atoms with van der Waals surface area (Å²) < 4.78 is 7.63. The molecule has 0 atom stereocenters. The highest BCUT2D eigenvalue weighted by Crippen LogP contribution is 2.36. The van der Waals surface area contributed by atoms with Gasteiger partial charge >= 0.3 is 5.97 Å². The van der Waals surface area contributed by atoms with Gasteiger partial charge in [0.1, 0.15) is 5.75 Å². The number of benzene rings is 3. The van der Waals surface area contributed by atoms with Crippen LogP contribution >= 0.6 is 0 Å². The standard InChI is InChI=1S/C31H31N3O4/c1-21-8-3-14-29(22(21)2)38-17-7-15-30(35)33-16-6-12-27-26(11-5-13-28(27)33)24-19-32-34(20-24)25-10-4-9-23(18-25)31(36)37/h3-5,8-11,13-14,18-20H,6-7,12,15-17H2,1-2H3,(H,36,37). The van der Waals surface area contributed by atoms with E-state index in [2.05, 4.69) is 31.1 Å². The summed E-state index contributed by atoms with van der Waals surface area (Å²) in [4.78, 5) is 26.5. The number of rotatable bonds is 8. The molecule has 194 valence electrons. The van der Waals surface area contributed by atoms with Gasteiger partial charge in [0.05, 0.1) is 24.1 Å². The molecular weight excluding hydrogens is 478 g/mol. The number of ether oxygens (including phenoxy) is 1. The molecule has 7 nitrogen and oxygen atoms in total. The number of fused-ring (bicyclic) bond motifs is 1. The van der Waals surface area contributed by atoms with Gasteiger partial charge in [0, 0.05) is 30.4 Å². The Morgan fingerprint density at radius 2 is 1.87 bits per heavy atom. The van der Waals surface area contributed by atoms with Crippen molar-refractivity contribution < 1.29 is 19.4 Å². The minimum absolute atomic E-state index is 0.105. The number of carbonyl (C=O) groups is 2. The number of carboxylic acid groups (broad SMARTS) is 1. The fraction of sp³-hybridized carbons (Fsp3) is 0.258. The Balaban J connectivity index is 1.30. The van der Waals surface area contributed by atoms with Gasteiger partial charge in [0.15, 0.2) is 0 Å². The van der Waals surface area contributed by atoms with Crippen molar-refractivity contribution in [2.75, 3.05) is 18.1 Å². The maximum absolute atomic E-state index is 13.2. The molecule has 1 aliphatic rings. The van der Waals surface area contributed by atoms with Crippen LogP contribution in [0.15, 0.2) is 73.1 Å². The van der Waals surface area contributed by atoms with Crippen molar-refractivity contribution in [3.8, 4) is 22.6 Å². The van der Waals surface area contributed by atoms with Crippen molar-refractivity contribution in [1.82, 2.24) is 9.78 Å². The Morgan fingerprint density at radius 3 is 2.71 bits per heavy atom. The van der Waals surface area contributed by atoms with Crippen molar-refractivity contribution in [1.29, 1.82) is 0 Å². The van der Waals surface area contributed by atoms with E-state index in [4.69, 9.17) is 4.74 Å². The van der Waals surface area contributed by atoms with E-state index in [1.165, 1.54) is 5.56 Å². The predicted molar refractivity (Wildman–Crippen MR) is 147 cm³/mol. The third-order valence-electron chi connectivity index (χ3n) is 7.15. The van der Waals surface area contributed by atoms with Crippen LogP contribution in [0.25, 0.3) is 16.8 Å². The van der Waals surface area contributed by atoms with Crippen LogP contribution in [0, 0.1) is 13.8 Å². The first-order chi connectivity index (χ1) is 18.4. The van der Waals surface area contributed by atoms with Gasteiger partial charge < -0.3 is 14.7 Å². The molecule has 0 unspecified atom stereocenters. The number of aromatic carboxylic acids is 1. The van der Waals surface area contributed by atoms with Gasteiger partial charge in [-0.15, -0.1) is 0 Å². The largest absolute Gasteiger partial charge is 0.493 e. The molecule has 1 amide bonds. The van der Waals surface area contributed by atoms with E-state index in [0.717, 1.165) is 46.5 Å². The van der Waals surface area contributed by atoms with Crippen LogP contribution in [0.4, 0.5) is 5.69 Å². The van der Waals surface area contributed by atoms with Gasteiger partial charge in [-0.1, -0.05) is 30.3 Å². The lowest BCUT2D eigenvalue weighted by atomic mass is 9.93. The SMILES string of the molecule is Cc1cccc(OCCCC(=O)N2CCCc3c(-c4cnn(-c5cccc(C(=O)O)c5)c4)cccc32)c1C. The van der Waals surface area contributed by atoms with Crippen molar-refractivity contribution >= 4 is 17.6 Å². The third-order valence-corrected chi connectivity index (χ3v) is 7.15. The second-order valence-electron chi connectivity index (χ2n) is 9.63. The van der Waals surface area contributed by atoms with Crippen LogP contribution in [0.1, 0.15) is 46.3 Å². The molecule has 38 heavy (non-hydrogen) atoms. The smallest absolute Gasteiger partial charge is 0.335 e. The molecule has 4 aromatic rings. The molecule has 1 aromatic heterocycles. The Hall–Kier alpha value is -4.39. The molecule has 0 aliphatic carbocycles. The van der Waals surface area contributed by atoms with E-state index in [-0.39, 0.29) is 11.5 Å². The number of nitrogens with zero attached hydrogens (tertiary/aromatic N) is 3. The highest BCUT2D eigenvalue weighted by Gasteiger charge is 2.25. The van der Waals surface area contributed by atoms with Crippen LogP contribution in [0.3, 0.4) is 0 Å².